The summed E-state index contributed by atoms with van der Waals surface area (Å²) in [5.74, 6) is -0.0662. The van der Waals surface area contributed by atoms with Crippen LogP contribution in [0.5, 0.6) is 0 Å². The summed E-state index contributed by atoms with van der Waals surface area (Å²) < 4.78 is 0. The normalized spacial score (nSPS) is 23.7. The van der Waals surface area contributed by atoms with Crippen molar-refractivity contribution in [2.24, 2.45) is 5.41 Å². The molecular weight excluding hydrogens is 226 g/mol. The maximum atomic E-state index is 12.2. The molecule has 1 atom stereocenters. The lowest BCUT2D eigenvalue weighted by Crippen LogP contribution is -2.56. The molecule has 0 spiro atoms. The SMILES string of the molecule is CNC(=O)[C@@]1(Cc2ccccc2)CNCCC1=N. The Labute approximate surface area is 107 Å². The largest absolute Gasteiger partial charge is 0.358 e. The Morgan fingerprint density at radius 1 is 1.44 bits per heavy atom. The van der Waals surface area contributed by atoms with Gasteiger partial charge in [-0.05, 0) is 18.4 Å². The fraction of sp³-hybridized carbons (Fsp3) is 0.429. The van der Waals surface area contributed by atoms with E-state index >= 15 is 0 Å². The van der Waals surface area contributed by atoms with Crippen molar-refractivity contribution in [3.05, 3.63) is 35.9 Å². The van der Waals surface area contributed by atoms with Gasteiger partial charge in [-0.1, -0.05) is 30.3 Å². The van der Waals surface area contributed by atoms with Crippen LogP contribution in [0.3, 0.4) is 0 Å². The van der Waals surface area contributed by atoms with E-state index in [1.165, 1.54) is 0 Å². The summed E-state index contributed by atoms with van der Waals surface area (Å²) in [6.07, 6.45) is 1.22. The van der Waals surface area contributed by atoms with E-state index in [1.54, 1.807) is 7.05 Å². The lowest BCUT2D eigenvalue weighted by molar-refractivity contribution is -0.127. The number of benzene rings is 1. The Balaban J connectivity index is 2.30. The highest BCUT2D eigenvalue weighted by molar-refractivity contribution is 6.08. The molecule has 18 heavy (non-hydrogen) atoms. The van der Waals surface area contributed by atoms with Crippen LogP contribution >= 0.6 is 0 Å². The molecule has 1 aliphatic rings. The van der Waals surface area contributed by atoms with Crippen molar-refractivity contribution in [3.8, 4) is 0 Å². The molecule has 0 aliphatic carbocycles. The summed E-state index contributed by atoms with van der Waals surface area (Å²) in [5.41, 5.74) is 0.896. The molecule has 3 N–H and O–H groups in total. The second-order valence-electron chi connectivity index (χ2n) is 4.73. The molecule has 4 heteroatoms. The van der Waals surface area contributed by atoms with Crippen LogP contribution in [0.25, 0.3) is 0 Å². The Hall–Kier alpha value is -1.68. The molecule has 96 valence electrons. The molecule has 1 heterocycles. The van der Waals surface area contributed by atoms with Crippen molar-refractivity contribution in [3.63, 3.8) is 0 Å². The van der Waals surface area contributed by atoms with Crippen molar-refractivity contribution in [2.75, 3.05) is 20.1 Å². The maximum absolute atomic E-state index is 12.2. The van der Waals surface area contributed by atoms with Crippen LogP contribution in [0.1, 0.15) is 12.0 Å². The van der Waals surface area contributed by atoms with Crippen LogP contribution < -0.4 is 10.6 Å². The average Bonchev–Trinajstić information content (AvgIpc) is 2.41. The van der Waals surface area contributed by atoms with Crippen molar-refractivity contribution >= 4 is 11.6 Å². The van der Waals surface area contributed by atoms with Crippen LogP contribution in [0.4, 0.5) is 0 Å². The number of hydrogen-bond acceptors (Lipinski definition) is 3. The highest BCUT2D eigenvalue weighted by Crippen LogP contribution is 2.28. The number of amides is 1. The molecule has 1 amide bonds. The lowest BCUT2D eigenvalue weighted by atomic mass is 9.73. The zero-order valence-electron chi connectivity index (χ0n) is 10.6. The average molecular weight is 245 g/mol. The van der Waals surface area contributed by atoms with E-state index in [1.807, 2.05) is 30.3 Å². The molecule has 2 rings (SSSR count). The molecule has 1 aromatic carbocycles. The van der Waals surface area contributed by atoms with Gasteiger partial charge < -0.3 is 16.0 Å². The number of piperidine rings is 1. The van der Waals surface area contributed by atoms with Gasteiger partial charge in [-0.3, -0.25) is 4.79 Å². The van der Waals surface area contributed by atoms with Gasteiger partial charge in [0, 0.05) is 25.8 Å². The first-order valence-corrected chi connectivity index (χ1v) is 6.24. The van der Waals surface area contributed by atoms with Crippen molar-refractivity contribution in [2.45, 2.75) is 12.8 Å². The third kappa shape index (κ3) is 2.29. The van der Waals surface area contributed by atoms with Crippen LogP contribution in [0.2, 0.25) is 0 Å². The molecular formula is C14H19N3O. The Morgan fingerprint density at radius 2 is 2.17 bits per heavy atom. The second kappa shape index (κ2) is 5.31. The second-order valence-corrected chi connectivity index (χ2v) is 4.73. The van der Waals surface area contributed by atoms with Gasteiger partial charge in [0.25, 0.3) is 0 Å². The third-order valence-corrected chi connectivity index (χ3v) is 3.57. The van der Waals surface area contributed by atoms with E-state index in [9.17, 15) is 4.79 Å². The Bertz CT molecular complexity index is 434. The molecule has 0 aromatic heterocycles. The third-order valence-electron chi connectivity index (χ3n) is 3.57. The van der Waals surface area contributed by atoms with Crippen LogP contribution in [0, 0.1) is 10.8 Å². The first-order valence-electron chi connectivity index (χ1n) is 6.24. The van der Waals surface area contributed by atoms with Gasteiger partial charge in [0.2, 0.25) is 5.91 Å². The van der Waals surface area contributed by atoms with Gasteiger partial charge >= 0.3 is 0 Å². The predicted molar refractivity (Wildman–Crippen MR) is 71.9 cm³/mol. The minimum absolute atomic E-state index is 0.0662. The highest BCUT2D eigenvalue weighted by Gasteiger charge is 2.43. The zero-order chi connectivity index (χ0) is 13.0. The number of rotatable bonds is 3. The summed E-state index contributed by atoms with van der Waals surface area (Å²) in [6.45, 7) is 1.33. The highest BCUT2D eigenvalue weighted by atomic mass is 16.2. The zero-order valence-corrected chi connectivity index (χ0v) is 10.6. The van der Waals surface area contributed by atoms with Gasteiger partial charge in [-0.15, -0.1) is 0 Å². The molecule has 4 nitrogen and oxygen atoms in total. The minimum Gasteiger partial charge on any atom is -0.358 e. The molecule has 0 bridgehead atoms. The van der Waals surface area contributed by atoms with Gasteiger partial charge in [0.1, 0.15) is 5.41 Å². The first-order chi connectivity index (χ1) is 8.69. The number of carbonyl (C=O) groups excluding carboxylic acids is 1. The van der Waals surface area contributed by atoms with Crippen LogP contribution in [0.15, 0.2) is 30.3 Å². The Morgan fingerprint density at radius 3 is 2.78 bits per heavy atom. The summed E-state index contributed by atoms with van der Waals surface area (Å²) in [6, 6.07) is 9.90. The topological polar surface area (TPSA) is 65.0 Å². The number of carbonyl (C=O) groups is 1. The summed E-state index contributed by atoms with van der Waals surface area (Å²) in [4.78, 5) is 12.2. The van der Waals surface area contributed by atoms with Crippen molar-refractivity contribution in [1.82, 2.24) is 10.6 Å². The fourth-order valence-corrected chi connectivity index (χ4v) is 2.51. The van der Waals surface area contributed by atoms with Gasteiger partial charge in [0.15, 0.2) is 0 Å². The minimum atomic E-state index is -0.728. The summed E-state index contributed by atoms with van der Waals surface area (Å²) in [7, 11) is 1.64. The van der Waals surface area contributed by atoms with Gasteiger partial charge in [-0.2, -0.15) is 0 Å². The van der Waals surface area contributed by atoms with Crippen LogP contribution in [-0.4, -0.2) is 31.8 Å². The van der Waals surface area contributed by atoms with Crippen molar-refractivity contribution in [1.29, 1.82) is 5.41 Å². The predicted octanol–water partition coefficient (Wildman–Crippen LogP) is 0.975. The molecule has 1 aliphatic heterocycles. The van der Waals surface area contributed by atoms with Crippen molar-refractivity contribution < 1.29 is 4.79 Å². The molecule has 1 aromatic rings. The van der Waals surface area contributed by atoms with Gasteiger partial charge in [0.05, 0.1) is 0 Å². The van der Waals surface area contributed by atoms with E-state index in [4.69, 9.17) is 5.41 Å². The maximum Gasteiger partial charge on any atom is 0.233 e. The quantitative estimate of drug-likeness (QED) is 0.743. The smallest absolute Gasteiger partial charge is 0.233 e. The van der Waals surface area contributed by atoms with E-state index in [0.717, 1.165) is 12.1 Å². The summed E-state index contributed by atoms with van der Waals surface area (Å²) >= 11 is 0. The summed E-state index contributed by atoms with van der Waals surface area (Å²) in [5, 5.41) is 14.1. The lowest BCUT2D eigenvalue weighted by Gasteiger charge is -2.36. The van der Waals surface area contributed by atoms with Crippen LogP contribution in [-0.2, 0) is 11.2 Å². The van der Waals surface area contributed by atoms with E-state index in [0.29, 0.717) is 25.1 Å². The standard InChI is InChI=1S/C14H19N3O/c1-16-13(18)14(10-17-8-7-12(14)15)9-11-5-3-2-4-6-11/h2-6,15,17H,7-10H2,1H3,(H,16,18)/t14-/m0/s1. The van der Waals surface area contributed by atoms with E-state index in [-0.39, 0.29) is 5.91 Å². The molecule has 1 fully saturated rings. The number of hydrogen-bond donors (Lipinski definition) is 3. The Kier molecular flexibility index (Phi) is 3.77. The monoisotopic (exact) mass is 245 g/mol. The fourth-order valence-electron chi connectivity index (χ4n) is 2.51. The number of nitrogens with one attached hydrogen (secondary N) is 3. The molecule has 1 saturated heterocycles. The molecule has 0 unspecified atom stereocenters. The van der Waals surface area contributed by atoms with Gasteiger partial charge in [-0.25, -0.2) is 0 Å². The first kappa shape index (κ1) is 12.8. The molecule has 0 saturated carbocycles. The molecule has 0 radical (unpaired) electrons. The van der Waals surface area contributed by atoms with E-state index < -0.39 is 5.41 Å². The van der Waals surface area contributed by atoms with E-state index in [2.05, 4.69) is 10.6 Å².